The van der Waals surface area contributed by atoms with Crippen molar-refractivity contribution in [3.63, 3.8) is 0 Å². The first-order valence-corrected chi connectivity index (χ1v) is 7.54. The monoisotopic (exact) mass is 292 g/mol. The zero-order valence-electron chi connectivity index (χ0n) is 12.7. The number of hydrogen-bond donors (Lipinski definition) is 1. The second kappa shape index (κ2) is 6.22. The Hall–Kier alpha value is -1.30. The molecule has 5 nitrogen and oxygen atoms in total. The van der Waals surface area contributed by atoms with E-state index in [1.165, 1.54) is 5.56 Å². The minimum atomic E-state index is 0.153. The van der Waals surface area contributed by atoms with Gasteiger partial charge in [-0.15, -0.1) is 0 Å². The highest BCUT2D eigenvalue weighted by Crippen LogP contribution is 2.38. The van der Waals surface area contributed by atoms with Gasteiger partial charge in [0, 0.05) is 12.6 Å². The topological polar surface area (TPSA) is 57.0 Å². The Kier molecular flexibility index (Phi) is 4.33. The van der Waals surface area contributed by atoms with E-state index >= 15 is 0 Å². The number of methoxy groups -OCH3 is 1. The van der Waals surface area contributed by atoms with E-state index in [1.54, 1.807) is 7.11 Å². The van der Waals surface area contributed by atoms with Gasteiger partial charge in [0.25, 0.3) is 0 Å². The predicted molar refractivity (Wildman–Crippen MR) is 80.8 cm³/mol. The maximum atomic E-state index is 5.88. The molecule has 0 amide bonds. The molecule has 0 bridgehead atoms. The highest BCUT2D eigenvalue weighted by molar-refractivity contribution is 5.44. The lowest BCUT2D eigenvalue weighted by Gasteiger charge is -2.28. The maximum Gasteiger partial charge on any atom is 0.161 e. The highest BCUT2D eigenvalue weighted by atomic mass is 16.6. The summed E-state index contributed by atoms with van der Waals surface area (Å²) in [6, 6.07) is 6.65. The summed E-state index contributed by atoms with van der Waals surface area (Å²) in [5.41, 5.74) is 7.08. The van der Waals surface area contributed by atoms with E-state index in [9.17, 15) is 0 Å². The lowest BCUT2D eigenvalue weighted by molar-refractivity contribution is -0.0803. The van der Waals surface area contributed by atoms with E-state index in [0.29, 0.717) is 25.2 Å². The first kappa shape index (κ1) is 14.6. The van der Waals surface area contributed by atoms with Crippen LogP contribution in [0.5, 0.6) is 11.5 Å². The molecule has 2 N–H and O–H groups in total. The van der Waals surface area contributed by atoms with Crippen molar-refractivity contribution in [2.45, 2.75) is 18.6 Å². The Balaban J connectivity index is 1.77. The maximum absolute atomic E-state index is 5.88. The standard InChI is InChI=1S/C16H24N2O3/c1-18-8-11(7-17)5-14(18)12-3-4-15(16(6-12)19-2)21-13-9-20-10-13/h3-4,6,11,13-14H,5,7-10,17H2,1-2H3. The van der Waals surface area contributed by atoms with E-state index in [-0.39, 0.29) is 6.10 Å². The van der Waals surface area contributed by atoms with Gasteiger partial charge in [-0.1, -0.05) is 6.07 Å². The molecule has 0 saturated carbocycles. The second-order valence-corrected chi connectivity index (χ2v) is 5.98. The summed E-state index contributed by atoms with van der Waals surface area (Å²) in [6.07, 6.45) is 1.26. The number of likely N-dealkylation sites (tertiary alicyclic amines) is 1. The van der Waals surface area contributed by atoms with E-state index in [4.69, 9.17) is 19.9 Å². The molecule has 2 unspecified atom stereocenters. The average Bonchev–Trinajstić information content (AvgIpc) is 2.84. The molecule has 116 valence electrons. The van der Waals surface area contributed by atoms with Gasteiger partial charge in [0.2, 0.25) is 0 Å². The smallest absolute Gasteiger partial charge is 0.161 e. The molecule has 0 aromatic heterocycles. The molecule has 0 radical (unpaired) electrons. The third-order valence-corrected chi connectivity index (χ3v) is 4.44. The minimum absolute atomic E-state index is 0.153. The van der Waals surface area contributed by atoms with Crippen LogP contribution >= 0.6 is 0 Å². The van der Waals surface area contributed by atoms with E-state index in [0.717, 1.165) is 31.0 Å². The molecule has 0 spiro atoms. The minimum Gasteiger partial charge on any atom is -0.493 e. The molecule has 1 aromatic carbocycles. The Morgan fingerprint density at radius 2 is 2.14 bits per heavy atom. The van der Waals surface area contributed by atoms with Crippen molar-refractivity contribution in [2.24, 2.45) is 11.7 Å². The van der Waals surface area contributed by atoms with Crippen molar-refractivity contribution in [1.29, 1.82) is 0 Å². The van der Waals surface area contributed by atoms with E-state index < -0.39 is 0 Å². The number of nitrogens with two attached hydrogens (primary N) is 1. The quantitative estimate of drug-likeness (QED) is 0.889. The van der Waals surface area contributed by atoms with Gasteiger partial charge in [0.15, 0.2) is 11.5 Å². The Morgan fingerprint density at radius 1 is 1.33 bits per heavy atom. The van der Waals surface area contributed by atoms with Crippen molar-refractivity contribution in [1.82, 2.24) is 4.90 Å². The van der Waals surface area contributed by atoms with Crippen LogP contribution in [-0.2, 0) is 4.74 Å². The zero-order chi connectivity index (χ0) is 14.8. The molecule has 2 aliphatic rings. The third kappa shape index (κ3) is 3.00. The van der Waals surface area contributed by atoms with Crippen molar-refractivity contribution in [3.8, 4) is 11.5 Å². The lowest BCUT2D eigenvalue weighted by atomic mass is 9.99. The van der Waals surface area contributed by atoms with Crippen molar-refractivity contribution in [2.75, 3.05) is 40.5 Å². The second-order valence-electron chi connectivity index (χ2n) is 5.98. The first-order valence-electron chi connectivity index (χ1n) is 7.54. The zero-order valence-corrected chi connectivity index (χ0v) is 12.7. The Bertz CT molecular complexity index is 490. The van der Waals surface area contributed by atoms with Crippen LogP contribution in [0.3, 0.4) is 0 Å². The SMILES string of the molecule is COc1cc(C2CC(CN)CN2C)ccc1OC1COC1. The molecule has 0 aliphatic carbocycles. The van der Waals surface area contributed by atoms with Crippen LogP contribution in [0.25, 0.3) is 0 Å². The van der Waals surface area contributed by atoms with Crippen molar-refractivity contribution < 1.29 is 14.2 Å². The van der Waals surface area contributed by atoms with Gasteiger partial charge >= 0.3 is 0 Å². The normalized spacial score (nSPS) is 26.6. The number of benzene rings is 1. The third-order valence-electron chi connectivity index (χ3n) is 4.44. The fourth-order valence-corrected chi connectivity index (χ4v) is 3.12. The summed E-state index contributed by atoms with van der Waals surface area (Å²) in [5.74, 6) is 2.17. The molecular weight excluding hydrogens is 268 g/mol. The largest absolute Gasteiger partial charge is 0.493 e. The van der Waals surface area contributed by atoms with Gasteiger partial charge < -0.3 is 19.9 Å². The molecule has 3 rings (SSSR count). The van der Waals surface area contributed by atoms with Gasteiger partial charge in [-0.05, 0) is 43.6 Å². The number of ether oxygens (including phenoxy) is 3. The summed E-state index contributed by atoms with van der Waals surface area (Å²) >= 11 is 0. The molecule has 2 saturated heterocycles. The molecule has 2 heterocycles. The average molecular weight is 292 g/mol. The van der Waals surface area contributed by atoms with Crippen LogP contribution in [0.4, 0.5) is 0 Å². The molecule has 5 heteroatoms. The lowest BCUT2D eigenvalue weighted by Crippen LogP contribution is -2.38. The predicted octanol–water partition coefficient (Wildman–Crippen LogP) is 1.42. The van der Waals surface area contributed by atoms with Crippen molar-refractivity contribution in [3.05, 3.63) is 23.8 Å². The van der Waals surface area contributed by atoms with Gasteiger partial charge in [-0.2, -0.15) is 0 Å². The first-order chi connectivity index (χ1) is 10.2. The molecule has 21 heavy (non-hydrogen) atoms. The van der Waals surface area contributed by atoms with Crippen LogP contribution in [0, 0.1) is 5.92 Å². The molecular formula is C16H24N2O3. The summed E-state index contributed by atoms with van der Waals surface area (Å²) in [5, 5.41) is 0. The van der Waals surface area contributed by atoms with Gasteiger partial charge in [-0.25, -0.2) is 0 Å². The van der Waals surface area contributed by atoms with Crippen LogP contribution < -0.4 is 15.2 Å². The highest BCUT2D eigenvalue weighted by Gasteiger charge is 2.30. The molecule has 1 aromatic rings. The van der Waals surface area contributed by atoms with Crippen LogP contribution in [0.2, 0.25) is 0 Å². The number of hydrogen-bond acceptors (Lipinski definition) is 5. The summed E-state index contributed by atoms with van der Waals surface area (Å²) in [6.45, 7) is 3.13. The van der Waals surface area contributed by atoms with Gasteiger partial charge in [0.05, 0.1) is 20.3 Å². The van der Waals surface area contributed by atoms with Crippen LogP contribution in [-0.4, -0.2) is 51.5 Å². The Labute approximate surface area is 126 Å². The molecule has 2 atom stereocenters. The van der Waals surface area contributed by atoms with Crippen LogP contribution in [0.15, 0.2) is 18.2 Å². The fraction of sp³-hybridized carbons (Fsp3) is 0.625. The Morgan fingerprint density at radius 3 is 2.71 bits per heavy atom. The summed E-state index contributed by atoms with van der Waals surface area (Å²) < 4.78 is 16.5. The summed E-state index contributed by atoms with van der Waals surface area (Å²) in [7, 11) is 3.84. The van der Waals surface area contributed by atoms with E-state index in [1.807, 2.05) is 6.07 Å². The molecule has 2 fully saturated rings. The van der Waals surface area contributed by atoms with Crippen molar-refractivity contribution >= 4 is 0 Å². The number of rotatable bonds is 5. The van der Waals surface area contributed by atoms with Gasteiger partial charge in [0.1, 0.15) is 6.10 Å². The summed E-state index contributed by atoms with van der Waals surface area (Å²) in [4.78, 5) is 2.37. The number of nitrogens with zero attached hydrogens (tertiary/aromatic N) is 1. The van der Waals surface area contributed by atoms with Gasteiger partial charge in [-0.3, -0.25) is 4.90 Å². The van der Waals surface area contributed by atoms with Crippen LogP contribution in [0.1, 0.15) is 18.0 Å². The fourth-order valence-electron chi connectivity index (χ4n) is 3.12. The van der Waals surface area contributed by atoms with E-state index in [2.05, 4.69) is 24.1 Å². The molecule has 2 aliphatic heterocycles.